The summed E-state index contributed by atoms with van der Waals surface area (Å²) in [5, 5.41) is 0. The van der Waals surface area contributed by atoms with Crippen LogP contribution in [0.15, 0.2) is 0 Å². The summed E-state index contributed by atoms with van der Waals surface area (Å²) in [6.07, 6.45) is 0. The van der Waals surface area contributed by atoms with E-state index in [0.29, 0.717) is 0 Å². The van der Waals surface area contributed by atoms with Crippen molar-refractivity contribution < 1.29 is 184 Å². The average Bonchev–Trinajstić information content (AvgIpc) is 1.12. The van der Waals surface area contributed by atoms with Gasteiger partial charge in [0.15, 0.2) is 0 Å². The van der Waals surface area contributed by atoms with Crippen molar-refractivity contribution >= 4 is 15.6 Å². The minimum atomic E-state index is -5.39. The summed E-state index contributed by atoms with van der Waals surface area (Å²) in [6, 6.07) is 0. The van der Waals surface area contributed by atoms with E-state index < -0.39 is 15.6 Å². The predicted molar refractivity (Wildman–Crippen MR) is 15.2 cm³/mol. The third-order valence-corrected chi connectivity index (χ3v) is 0. The van der Waals surface area contributed by atoms with Crippen LogP contribution < -0.4 is 175 Å². The topological polar surface area (TPSA) is 172 Å². The van der Waals surface area contributed by atoms with Crippen molar-refractivity contribution in [2.45, 2.75) is 0 Å². The molecular weight excluding hydrogens is 280 g/mol. The van der Waals surface area contributed by atoms with Gasteiger partial charge in [0.05, 0.1) is 0 Å². The fourth-order valence-corrected chi connectivity index (χ4v) is 0. The van der Waals surface area contributed by atoms with Crippen molar-refractivity contribution in [3.63, 3.8) is 0 Å². The standard InChI is InChI=1S/3Li.3Na.2H3O4P/c;;;;;;2*1-5(2,3)4/h;;;;;;2*(H3,1,2,3,4)/q6*+1;;/p-6. The van der Waals surface area contributed by atoms with Gasteiger partial charge in [0, 0.05) is 0 Å². The van der Waals surface area contributed by atoms with Gasteiger partial charge in [-0.15, -0.1) is 0 Å². The Bertz CT molecular complexity index is 141. The zero-order valence-corrected chi connectivity index (χ0v) is 17.9. The Morgan fingerprint density at radius 3 is 0.500 bits per heavy atom. The van der Waals surface area contributed by atoms with Crippen molar-refractivity contribution in [1.82, 2.24) is 0 Å². The molecule has 0 radical (unpaired) electrons. The summed E-state index contributed by atoms with van der Waals surface area (Å²) in [6.45, 7) is 0. The summed E-state index contributed by atoms with van der Waals surface area (Å²) in [5.74, 6) is 0. The Balaban J connectivity index is -0.00000000970. The minimum absolute atomic E-state index is 0. The van der Waals surface area contributed by atoms with Gasteiger partial charge in [-0.05, 0) is 0 Å². The molecule has 0 aliphatic rings. The summed E-state index contributed by atoms with van der Waals surface area (Å²) in [5.41, 5.74) is 0. The van der Waals surface area contributed by atoms with E-state index in [1.165, 1.54) is 0 Å². The molecule has 16 heteroatoms. The SMILES string of the molecule is O=P([O-])([O-])[O-].O=P([O-])([O-])[O-].[Li+].[Li+].[Li+].[Na+].[Na+].[Na+]. The molecule has 0 rings (SSSR count). The van der Waals surface area contributed by atoms with Crippen LogP contribution in [0.3, 0.4) is 0 Å². The van der Waals surface area contributed by atoms with Gasteiger partial charge in [0.2, 0.25) is 0 Å². The van der Waals surface area contributed by atoms with E-state index in [4.69, 9.17) is 38.5 Å². The number of hydrogen-bond acceptors (Lipinski definition) is 8. The van der Waals surface area contributed by atoms with E-state index >= 15 is 0 Å². The van der Waals surface area contributed by atoms with Crippen LogP contribution >= 0.6 is 15.6 Å². The van der Waals surface area contributed by atoms with Gasteiger partial charge in [-0.3, -0.25) is 0 Å². The van der Waals surface area contributed by atoms with Gasteiger partial charge in [0.25, 0.3) is 0 Å². The first-order chi connectivity index (χ1) is 4.00. The molecule has 0 saturated carbocycles. The van der Waals surface area contributed by atoms with Gasteiger partial charge in [0.1, 0.15) is 0 Å². The molecule has 0 amide bonds. The molecule has 16 heavy (non-hydrogen) atoms. The molecule has 0 N–H and O–H groups in total. The van der Waals surface area contributed by atoms with Gasteiger partial charge < -0.3 is 38.5 Å². The van der Waals surface area contributed by atoms with Gasteiger partial charge >= 0.3 is 145 Å². The smallest absolute Gasteiger partial charge is 0.822 e. The largest absolute Gasteiger partial charge is 1.00 e. The maximum atomic E-state index is 8.55. The Kier molecular flexibility index (Phi) is 77.6. The summed E-state index contributed by atoms with van der Waals surface area (Å²) >= 11 is 0. The van der Waals surface area contributed by atoms with Crippen molar-refractivity contribution in [2.24, 2.45) is 0 Å². The van der Waals surface area contributed by atoms with Gasteiger partial charge in [-0.1, -0.05) is 0 Å². The molecule has 64 valence electrons. The average molecular weight is 280 g/mol. The number of rotatable bonds is 0. The second-order valence-electron chi connectivity index (χ2n) is 0.894. The van der Waals surface area contributed by atoms with E-state index in [2.05, 4.69) is 0 Å². The van der Waals surface area contributed by atoms with Crippen LogP contribution in [0.25, 0.3) is 0 Å². The monoisotopic (exact) mass is 280 g/mol. The predicted octanol–water partition coefficient (Wildman–Crippen LogP) is -23.6. The van der Waals surface area contributed by atoms with E-state index in [1.807, 2.05) is 0 Å². The van der Waals surface area contributed by atoms with Crippen LogP contribution in [-0.2, 0) is 9.13 Å². The first-order valence-corrected chi connectivity index (χ1v) is 4.38. The summed E-state index contributed by atoms with van der Waals surface area (Å²) in [7, 11) is -10.8. The Morgan fingerprint density at radius 1 is 0.500 bits per heavy atom. The molecule has 0 aliphatic carbocycles. The second kappa shape index (κ2) is 25.0. The molecule has 0 aromatic heterocycles. The van der Waals surface area contributed by atoms with Crippen LogP contribution in [0.1, 0.15) is 0 Å². The first kappa shape index (κ1) is 49.7. The number of phosphoric acid groups is 2. The van der Waals surface area contributed by atoms with Crippen LogP contribution in [0.2, 0.25) is 0 Å². The summed E-state index contributed by atoms with van der Waals surface area (Å²) < 4.78 is 17.1. The second-order valence-corrected chi connectivity index (χ2v) is 2.68. The van der Waals surface area contributed by atoms with E-state index in [9.17, 15) is 0 Å². The zero-order chi connectivity index (χ0) is 9.00. The number of hydrogen-bond donors (Lipinski definition) is 0. The molecular formula is Li3Na3O8P2. The van der Waals surface area contributed by atoms with E-state index in [1.54, 1.807) is 0 Å². The van der Waals surface area contributed by atoms with E-state index in [-0.39, 0.29) is 145 Å². The molecule has 0 aromatic carbocycles. The first-order valence-electron chi connectivity index (χ1n) is 1.46. The molecule has 0 saturated heterocycles. The van der Waals surface area contributed by atoms with Gasteiger partial charge in [-0.25, -0.2) is 0 Å². The quantitative estimate of drug-likeness (QED) is 0.310. The molecule has 8 nitrogen and oxygen atoms in total. The molecule has 0 fully saturated rings. The third kappa shape index (κ3) is 246. The fourth-order valence-electron chi connectivity index (χ4n) is 0. The normalized spacial score (nSPS) is 7.38. The van der Waals surface area contributed by atoms with Crippen molar-refractivity contribution in [3.8, 4) is 0 Å². The van der Waals surface area contributed by atoms with Crippen molar-refractivity contribution in [1.29, 1.82) is 0 Å². The molecule has 0 unspecified atom stereocenters. The maximum Gasteiger partial charge on any atom is 1.00 e. The van der Waals surface area contributed by atoms with Crippen LogP contribution in [-0.4, -0.2) is 0 Å². The van der Waals surface area contributed by atoms with Crippen molar-refractivity contribution in [3.05, 3.63) is 0 Å². The van der Waals surface area contributed by atoms with E-state index in [0.717, 1.165) is 0 Å². The Morgan fingerprint density at radius 2 is 0.500 bits per heavy atom. The Labute approximate surface area is 195 Å². The molecule has 0 aromatic rings. The van der Waals surface area contributed by atoms with Crippen molar-refractivity contribution in [2.75, 3.05) is 0 Å². The molecule has 0 atom stereocenters. The van der Waals surface area contributed by atoms with Crippen LogP contribution in [0.5, 0.6) is 0 Å². The minimum Gasteiger partial charge on any atom is -0.822 e. The molecule has 0 heterocycles. The third-order valence-electron chi connectivity index (χ3n) is 0. The van der Waals surface area contributed by atoms with Gasteiger partial charge in [-0.2, -0.15) is 15.6 Å². The van der Waals surface area contributed by atoms with Crippen LogP contribution in [0.4, 0.5) is 0 Å². The van der Waals surface area contributed by atoms with Crippen LogP contribution in [0, 0.1) is 0 Å². The zero-order valence-electron chi connectivity index (χ0n) is 10.2. The maximum absolute atomic E-state index is 8.55. The fraction of sp³-hybridized carbons (Fsp3) is 0. The molecule has 0 aliphatic heterocycles. The molecule has 0 spiro atoms. The summed E-state index contributed by atoms with van der Waals surface area (Å²) in [4.78, 5) is 51.3. The molecule has 0 bridgehead atoms. The Hall–Kier alpha value is 5.01.